The second kappa shape index (κ2) is 9.54. The fraction of sp³-hybridized carbons (Fsp3) is 0.214. The first-order valence-electron chi connectivity index (χ1n) is 11.8. The molecule has 3 heterocycles. The average molecular weight is 498 g/mol. The third-order valence-electron chi connectivity index (χ3n) is 6.44. The topological polar surface area (TPSA) is 81.3 Å². The highest BCUT2D eigenvalue weighted by Gasteiger charge is 2.20. The molecule has 3 aromatic heterocycles. The predicted octanol–water partition coefficient (Wildman–Crippen LogP) is 4.70. The van der Waals surface area contributed by atoms with Crippen molar-refractivity contribution in [1.29, 1.82) is 0 Å². The van der Waals surface area contributed by atoms with Gasteiger partial charge < -0.3 is 5.32 Å². The standard InChI is InChI=1S/C28H27N5O2S/c1-17-9-8-12-24(19(17)3)33-18(2)13-23(31-33)26-20(4)30-28-32(27(26)35)22(16-36-28)14-25(34)29-15-21-10-6-5-7-11-21/h5-13,16H,14-15H2,1-4H3,(H,29,34). The Morgan fingerprint density at radius 3 is 2.58 bits per heavy atom. The molecule has 5 rings (SSSR count). The summed E-state index contributed by atoms with van der Waals surface area (Å²) in [6.45, 7) is 8.38. The van der Waals surface area contributed by atoms with Crippen LogP contribution in [0.25, 0.3) is 21.9 Å². The molecule has 0 bridgehead atoms. The number of aromatic nitrogens is 4. The molecule has 0 atom stereocenters. The van der Waals surface area contributed by atoms with E-state index < -0.39 is 0 Å². The molecule has 8 heteroatoms. The maximum absolute atomic E-state index is 13.7. The molecule has 5 aromatic rings. The zero-order valence-electron chi connectivity index (χ0n) is 20.7. The minimum atomic E-state index is -0.213. The number of thiazole rings is 1. The molecule has 1 amide bonds. The SMILES string of the molecule is Cc1cccc(-n2nc(-c3c(C)nc4scc(CC(=O)NCc5ccccc5)n4c3=O)cc2C)c1C. The summed E-state index contributed by atoms with van der Waals surface area (Å²) in [4.78, 5) is 31.6. The first-order chi connectivity index (χ1) is 17.3. The molecule has 0 unspecified atom stereocenters. The van der Waals surface area contributed by atoms with Gasteiger partial charge in [-0.1, -0.05) is 42.5 Å². The molecule has 0 saturated carbocycles. The highest BCUT2D eigenvalue weighted by Crippen LogP contribution is 2.25. The van der Waals surface area contributed by atoms with Crippen LogP contribution in [0.1, 0.15) is 33.8 Å². The Hall–Kier alpha value is -4.04. The molecule has 0 fully saturated rings. The Bertz CT molecular complexity index is 1650. The summed E-state index contributed by atoms with van der Waals surface area (Å²) in [5.41, 5.74) is 7.29. The second-order valence-corrected chi connectivity index (χ2v) is 9.80. The number of nitrogens with zero attached hydrogens (tertiary/aromatic N) is 4. The zero-order valence-corrected chi connectivity index (χ0v) is 21.5. The van der Waals surface area contributed by atoms with Crippen molar-refractivity contribution in [1.82, 2.24) is 24.5 Å². The van der Waals surface area contributed by atoms with Gasteiger partial charge in [-0.2, -0.15) is 5.10 Å². The van der Waals surface area contributed by atoms with Crippen LogP contribution in [-0.4, -0.2) is 25.1 Å². The van der Waals surface area contributed by atoms with Crippen molar-refractivity contribution >= 4 is 22.2 Å². The van der Waals surface area contributed by atoms with Crippen molar-refractivity contribution in [2.75, 3.05) is 0 Å². The summed E-state index contributed by atoms with van der Waals surface area (Å²) in [5, 5.41) is 9.57. The van der Waals surface area contributed by atoms with Gasteiger partial charge in [0.1, 0.15) is 5.69 Å². The van der Waals surface area contributed by atoms with Crippen molar-refractivity contribution in [2.24, 2.45) is 0 Å². The number of rotatable bonds is 6. The van der Waals surface area contributed by atoms with E-state index in [0.29, 0.717) is 34.2 Å². The molecular formula is C28H27N5O2S. The Morgan fingerprint density at radius 2 is 1.81 bits per heavy atom. The largest absolute Gasteiger partial charge is 0.352 e. The lowest BCUT2D eigenvalue weighted by molar-refractivity contribution is -0.120. The first-order valence-corrected chi connectivity index (χ1v) is 12.7. The van der Waals surface area contributed by atoms with E-state index in [-0.39, 0.29) is 17.9 Å². The minimum absolute atomic E-state index is 0.0902. The van der Waals surface area contributed by atoms with E-state index in [1.165, 1.54) is 16.9 Å². The van der Waals surface area contributed by atoms with Crippen LogP contribution in [0.4, 0.5) is 0 Å². The highest BCUT2D eigenvalue weighted by molar-refractivity contribution is 7.15. The van der Waals surface area contributed by atoms with Gasteiger partial charge in [0.15, 0.2) is 4.96 Å². The van der Waals surface area contributed by atoms with E-state index in [0.717, 1.165) is 22.5 Å². The molecule has 0 aliphatic rings. The maximum atomic E-state index is 13.7. The summed E-state index contributed by atoms with van der Waals surface area (Å²) in [7, 11) is 0. The molecule has 0 aliphatic heterocycles. The smallest absolute Gasteiger partial charge is 0.268 e. The fourth-order valence-electron chi connectivity index (χ4n) is 4.35. The van der Waals surface area contributed by atoms with Crippen LogP contribution in [0.3, 0.4) is 0 Å². The Morgan fingerprint density at radius 1 is 1.03 bits per heavy atom. The van der Waals surface area contributed by atoms with Gasteiger partial charge in [-0.25, -0.2) is 9.67 Å². The molecule has 36 heavy (non-hydrogen) atoms. The van der Waals surface area contributed by atoms with Crippen LogP contribution in [0.5, 0.6) is 0 Å². The van der Waals surface area contributed by atoms with Gasteiger partial charge in [-0.3, -0.25) is 14.0 Å². The van der Waals surface area contributed by atoms with Gasteiger partial charge in [-0.15, -0.1) is 11.3 Å². The average Bonchev–Trinajstić information content (AvgIpc) is 3.43. The van der Waals surface area contributed by atoms with Gasteiger partial charge in [0.25, 0.3) is 5.56 Å². The third-order valence-corrected chi connectivity index (χ3v) is 7.32. The maximum Gasteiger partial charge on any atom is 0.268 e. The number of carbonyl (C=O) groups excluding carboxylic acids is 1. The Kier molecular flexibility index (Phi) is 6.28. The van der Waals surface area contributed by atoms with E-state index in [1.54, 1.807) is 4.40 Å². The number of hydrogen-bond acceptors (Lipinski definition) is 5. The third kappa shape index (κ3) is 4.35. The van der Waals surface area contributed by atoms with E-state index in [4.69, 9.17) is 5.10 Å². The predicted molar refractivity (Wildman–Crippen MR) is 143 cm³/mol. The monoisotopic (exact) mass is 497 g/mol. The number of aryl methyl sites for hydroxylation is 3. The number of nitrogens with one attached hydrogen (secondary N) is 1. The van der Waals surface area contributed by atoms with Gasteiger partial charge >= 0.3 is 0 Å². The van der Waals surface area contributed by atoms with Crippen molar-refractivity contribution in [2.45, 2.75) is 40.7 Å². The lowest BCUT2D eigenvalue weighted by Crippen LogP contribution is -2.27. The molecular weight excluding hydrogens is 470 g/mol. The van der Waals surface area contributed by atoms with Gasteiger partial charge in [0, 0.05) is 23.3 Å². The lowest BCUT2D eigenvalue weighted by atomic mass is 10.1. The number of carbonyl (C=O) groups is 1. The van der Waals surface area contributed by atoms with E-state index in [9.17, 15) is 9.59 Å². The van der Waals surface area contributed by atoms with Gasteiger partial charge in [-0.05, 0) is 56.5 Å². The van der Waals surface area contributed by atoms with Crippen LogP contribution in [0.15, 0.2) is 64.8 Å². The summed E-state index contributed by atoms with van der Waals surface area (Å²) in [5.74, 6) is -0.150. The molecule has 0 spiro atoms. The van der Waals surface area contributed by atoms with Crippen LogP contribution in [-0.2, 0) is 17.8 Å². The van der Waals surface area contributed by atoms with E-state index in [1.807, 2.05) is 72.4 Å². The first kappa shape index (κ1) is 23.7. The number of benzene rings is 2. The molecule has 1 N–H and O–H groups in total. The van der Waals surface area contributed by atoms with Crippen LogP contribution >= 0.6 is 11.3 Å². The normalized spacial score (nSPS) is 11.2. The van der Waals surface area contributed by atoms with Crippen molar-refractivity contribution in [3.8, 4) is 16.9 Å². The molecule has 0 saturated heterocycles. The molecule has 0 aliphatic carbocycles. The summed E-state index contributed by atoms with van der Waals surface area (Å²) in [6, 6.07) is 17.8. The van der Waals surface area contributed by atoms with E-state index >= 15 is 0 Å². The van der Waals surface area contributed by atoms with E-state index in [2.05, 4.69) is 30.2 Å². The zero-order chi connectivity index (χ0) is 25.4. The minimum Gasteiger partial charge on any atom is -0.352 e. The van der Waals surface area contributed by atoms with Crippen LogP contribution in [0.2, 0.25) is 0 Å². The number of amides is 1. The molecule has 182 valence electrons. The molecule has 0 radical (unpaired) electrons. The summed E-state index contributed by atoms with van der Waals surface area (Å²) >= 11 is 1.36. The van der Waals surface area contributed by atoms with Crippen LogP contribution in [0, 0.1) is 27.7 Å². The second-order valence-electron chi connectivity index (χ2n) is 8.96. The number of fused-ring (bicyclic) bond motifs is 1. The fourth-order valence-corrected chi connectivity index (χ4v) is 5.28. The summed E-state index contributed by atoms with van der Waals surface area (Å²) < 4.78 is 3.42. The van der Waals surface area contributed by atoms with Gasteiger partial charge in [0.2, 0.25) is 5.91 Å². The number of hydrogen-bond donors (Lipinski definition) is 1. The summed E-state index contributed by atoms with van der Waals surface area (Å²) in [6.07, 6.45) is 0.0902. The Balaban J connectivity index is 1.49. The van der Waals surface area contributed by atoms with Crippen molar-refractivity contribution in [3.05, 3.63) is 104 Å². The molecule has 7 nitrogen and oxygen atoms in total. The van der Waals surface area contributed by atoms with Gasteiger partial charge in [0.05, 0.1) is 23.4 Å². The van der Waals surface area contributed by atoms with Crippen LogP contribution < -0.4 is 10.9 Å². The van der Waals surface area contributed by atoms with Crippen molar-refractivity contribution in [3.63, 3.8) is 0 Å². The van der Waals surface area contributed by atoms with Crippen molar-refractivity contribution < 1.29 is 4.79 Å². The highest BCUT2D eigenvalue weighted by atomic mass is 32.1. The molecule has 2 aromatic carbocycles. The Labute approximate surface area is 213 Å². The lowest BCUT2D eigenvalue weighted by Gasteiger charge is -2.10. The quantitative estimate of drug-likeness (QED) is 0.369.